The summed E-state index contributed by atoms with van der Waals surface area (Å²) in [6.45, 7) is 4.22. The molecule has 2 unspecified atom stereocenters. The first-order valence-electron chi connectivity index (χ1n) is 7.16. The number of carbonyl (C=O) groups is 2. The lowest BCUT2D eigenvalue weighted by molar-refractivity contribution is -0.155. The minimum absolute atomic E-state index is 0.161. The largest absolute Gasteiger partial charge is 0.481 e. The van der Waals surface area contributed by atoms with Crippen molar-refractivity contribution in [1.82, 2.24) is 4.90 Å². The Kier molecular flexibility index (Phi) is 4.50. The average molecular weight is 291 g/mol. The molecule has 1 aliphatic rings. The molecule has 0 saturated carbocycles. The standard InChI is InChI=1S/C16H21NO4/c1-12(21-13-7-4-3-5-8-13)14(18)17-10-6-9-16(2,11-17)15(19)20/h3-5,7-8,12H,6,9-11H2,1-2H3,(H,19,20). The fourth-order valence-electron chi connectivity index (χ4n) is 2.61. The molecule has 5 nitrogen and oxygen atoms in total. The number of ether oxygens (including phenoxy) is 1. The van der Waals surface area contributed by atoms with Crippen LogP contribution in [0.25, 0.3) is 0 Å². The third-order valence-corrected chi connectivity index (χ3v) is 3.93. The van der Waals surface area contributed by atoms with Gasteiger partial charge in [0.25, 0.3) is 5.91 Å². The number of nitrogens with zero attached hydrogens (tertiary/aromatic N) is 1. The van der Waals surface area contributed by atoms with Crippen molar-refractivity contribution in [2.45, 2.75) is 32.8 Å². The number of amides is 1. The highest BCUT2D eigenvalue weighted by Gasteiger charge is 2.40. The molecule has 1 heterocycles. The van der Waals surface area contributed by atoms with E-state index in [1.165, 1.54) is 0 Å². The quantitative estimate of drug-likeness (QED) is 0.923. The molecule has 1 aliphatic heterocycles. The maximum Gasteiger partial charge on any atom is 0.311 e. The van der Waals surface area contributed by atoms with Crippen molar-refractivity contribution >= 4 is 11.9 Å². The number of likely N-dealkylation sites (tertiary alicyclic amines) is 1. The first kappa shape index (κ1) is 15.4. The van der Waals surface area contributed by atoms with Crippen LogP contribution in [0.4, 0.5) is 0 Å². The Morgan fingerprint density at radius 2 is 2.00 bits per heavy atom. The summed E-state index contributed by atoms with van der Waals surface area (Å²) in [6.07, 6.45) is 0.677. The van der Waals surface area contributed by atoms with Gasteiger partial charge in [-0.1, -0.05) is 18.2 Å². The lowest BCUT2D eigenvalue weighted by Gasteiger charge is -2.38. The van der Waals surface area contributed by atoms with Crippen molar-refractivity contribution in [1.29, 1.82) is 0 Å². The van der Waals surface area contributed by atoms with Gasteiger partial charge in [-0.2, -0.15) is 0 Å². The second-order valence-electron chi connectivity index (χ2n) is 5.80. The zero-order valence-corrected chi connectivity index (χ0v) is 12.4. The molecule has 1 amide bonds. The fraction of sp³-hybridized carbons (Fsp3) is 0.500. The smallest absolute Gasteiger partial charge is 0.311 e. The average Bonchev–Trinajstić information content (AvgIpc) is 2.47. The predicted molar refractivity (Wildman–Crippen MR) is 78.1 cm³/mol. The Labute approximate surface area is 124 Å². The number of carboxylic acid groups (broad SMARTS) is 1. The van der Waals surface area contributed by atoms with Crippen LogP contribution in [0.5, 0.6) is 5.75 Å². The van der Waals surface area contributed by atoms with E-state index in [1.807, 2.05) is 18.2 Å². The third kappa shape index (κ3) is 3.54. The Balaban J connectivity index is 2.00. The maximum atomic E-state index is 12.4. The number of carbonyl (C=O) groups excluding carboxylic acids is 1. The summed E-state index contributed by atoms with van der Waals surface area (Å²) in [5.41, 5.74) is -0.861. The zero-order valence-electron chi connectivity index (χ0n) is 12.4. The minimum atomic E-state index is -0.861. The fourth-order valence-corrected chi connectivity index (χ4v) is 2.61. The Morgan fingerprint density at radius 3 is 2.62 bits per heavy atom. The molecule has 21 heavy (non-hydrogen) atoms. The van der Waals surface area contributed by atoms with Gasteiger partial charge in [0, 0.05) is 13.1 Å². The Bertz CT molecular complexity index is 516. The number of hydrogen-bond donors (Lipinski definition) is 1. The number of benzene rings is 1. The number of carboxylic acids is 1. The number of para-hydroxylation sites is 1. The number of aliphatic carboxylic acids is 1. The van der Waals surface area contributed by atoms with Gasteiger partial charge in [-0.25, -0.2) is 0 Å². The van der Waals surface area contributed by atoms with Gasteiger partial charge in [0.1, 0.15) is 5.75 Å². The summed E-state index contributed by atoms with van der Waals surface area (Å²) in [5.74, 6) is -0.376. The topological polar surface area (TPSA) is 66.8 Å². The van der Waals surface area contributed by atoms with Crippen molar-refractivity contribution in [3.05, 3.63) is 30.3 Å². The molecule has 0 aliphatic carbocycles. The molecule has 114 valence electrons. The molecule has 2 atom stereocenters. The number of piperidine rings is 1. The molecular weight excluding hydrogens is 270 g/mol. The Hall–Kier alpha value is -2.04. The SMILES string of the molecule is CC(Oc1ccccc1)C(=O)N1CCCC(C)(C(=O)O)C1. The van der Waals surface area contributed by atoms with E-state index in [0.29, 0.717) is 25.1 Å². The molecule has 5 heteroatoms. The zero-order chi connectivity index (χ0) is 15.5. The van der Waals surface area contributed by atoms with Gasteiger partial charge in [0.05, 0.1) is 5.41 Å². The molecule has 1 fully saturated rings. The maximum absolute atomic E-state index is 12.4. The second kappa shape index (κ2) is 6.16. The predicted octanol–water partition coefficient (Wildman–Crippen LogP) is 2.17. The highest BCUT2D eigenvalue weighted by molar-refractivity contribution is 5.82. The van der Waals surface area contributed by atoms with Crippen LogP contribution in [0.3, 0.4) is 0 Å². The molecule has 0 aromatic heterocycles. The summed E-state index contributed by atoms with van der Waals surface area (Å²) < 4.78 is 5.62. The monoisotopic (exact) mass is 291 g/mol. The van der Waals surface area contributed by atoms with Gasteiger partial charge >= 0.3 is 5.97 Å². The van der Waals surface area contributed by atoms with Gasteiger partial charge in [-0.15, -0.1) is 0 Å². The van der Waals surface area contributed by atoms with Crippen LogP contribution in [0.2, 0.25) is 0 Å². The summed E-state index contributed by atoms with van der Waals surface area (Å²) in [5, 5.41) is 9.30. The molecule has 0 radical (unpaired) electrons. The molecule has 0 spiro atoms. The van der Waals surface area contributed by atoms with Gasteiger partial charge in [-0.05, 0) is 38.8 Å². The van der Waals surface area contributed by atoms with E-state index in [2.05, 4.69) is 0 Å². The van der Waals surface area contributed by atoms with Gasteiger partial charge < -0.3 is 14.7 Å². The Morgan fingerprint density at radius 1 is 1.33 bits per heavy atom. The van der Waals surface area contributed by atoms with Crippen LogP contribution in [-0.4, -0.2) is 41.1 Å². The van der Waals surface area contributed by atoms with Gasteiger partial charge in [-0.3, -0.25) is 9.59 Å². The van der Waals surface area contributed by atoms with Crippen LogP contribution in [-0.2, 0) is 9.59 Å². The van der Waals surface area contributed by atoms with Crippen molar-refractivity contribution in [2.24, 2.45) is 5.41 Å². The first-order chi connectivity index (χ1) is 9.92. The lowest BCUT2D eigenvalue weighted by Crippen LogP contribution is -2.51. The van der Waals surface area contributed by atoms with E-state index in [4.69, 9.17) is 4.74 Å². The van der Waals surface area contributed by atoms with Crippen LogP contribution >= 0.6 is 0 Å². The number of hydrogen-bond acceptors (Lipinski definition) is 3. The highest BCUT2D eigenvalue weighted by atomic mass is 16.5. The highest BCUT2D eigenvalue weighted by Crippen LogP contribution is 2.30. The third-order valence-electron chi connectivity index (χ3n) is 3.93. The van der Waals surface area contributed by atoms with E-state index in [-0.39, 0.29) is 12.5 Å². The van der Waals surface area contributed by atoms with E-state index >= 15 is 0 Å². The second-order valence-corrected chi connectivity index (χ2v) is 5.80. The minimum Gasteiger partial charge on any atom is -0.481 e. The van der Waals surface area contributed by atoms with E-state index in [9.17, 15) is 14.7 Å². The lowest BCUT2D eigenvalue weighted by atomic mass is 9.82. The van der Waals surface area contributed by atoms with Crippen molar-refractivity contribution in [3.8, 4) is 5.75 Å². The van der Waals surface area contributed by atoms with Crippen LogP contribution in [0, 0.1) is 5.41 Å². The van der Waals surface area contributed by atoms with E-state index in [1.54, 1.807) is 30.9 Å². The molecule has 1 aromatic rings. The summed E-state index contributed by atoms with van der Waals surface area (Å²) in [4.78, 5) is 25.4. The van der Waals surface area contributed by atoms with E-state index < -0.39 is 17.5 Å². The van der Waals surface area contributed by atoms with Crippen molar-refractivity contribution in [3.63, 3.8) is 0 Å². The normalized spacial score (nSPS) is 23.4. The van der Waals surface area contributed by atoms with Crippen molar-refractivity contribution < 1.29 is 19.4 Å². The molecule has 1 N–H and O–H groups in total. The van der Waals surface area contributed by atoms with Crippen LogP contribution < -0.4 is 4.74 Å². The molecule has 0 bridgehead atoms. The molecular formula is C16H21NO4. The summed E-state index contributed by atoms with van der Waals surface area (Å²) >= 11 is 0. The van der Waals surface area contributed by atoms with Crippen LogP contribution in [0.1, 0.15) is 26.7 Å². The first-order valence-corrected chi connectivity index (χ1v) is 7.16. The van der Waals surface area contributed by atoms with Crippen LogP contribution in [0.15, 0.2) is 30.3 Å². The summed E-state index contributed by atoms with van der Waals surface area (Å²) in [7, 11) is 0. The van der Waals surface area contributed by atoms with Gasteiger partial charge in [0.2, 0.25) is 0 Å². The van der Waals surface area contributed by atoms with E-state index in [0.717, 1.165) is 0 Å². The molecule has 1 aromatic carbocycles. The van der Waals surface area contributed by atoms with Crippen molar-refractivity contribution in [2.75, 3.05) is 13.1 Å². The van der Waals surface area contributed by atoms with Gasteiger partial charge in [0.15, 0.2) is 6.10 Å². The molecule has 1 saturated heterocycles. The summed E-state index contributed by atoms with van der Waals surface area (Å²) in [6, 6.07) is 9.15. The molecule has 2 rings (SSSR count). The number of rotatable bonds is 4.